The number of hydrogen-bond donors (Lipinski definition) is 1. The normalized spacial score (nSPS) is 10.9. The van der Waals surface area contributed by atoms with E-state index in [9.17, 15) is 4.79 Å². The van der Waals surface area contributed by atoms with Crippen LogP contribution in [0.3, 0.4) is 0 Å². The molecule has 0 aliphatic heterocycles. The molecule has 3 rings (SSSR count). The van der Waals surface area contributed by atoms with Gasteiger partial charge in [0.1, 0.15) is 0 Å². The first kappa shape index (κ1) is 14.3. The van der Waals surface area contributed by atoms with Crippen molar-refractivity contribution in [3.8, 4) is 22.3 Å². The third-order valence-electron chi connectivity index (χ3n) is 3.79. The van der Waals surface area contributed by atoms with E-state index in [2.05, 4.69) is 35.9 Å². The summed E-state index contributed by atoms with van der Waals surface area (Å²) in [6.45, 7) is 4.32. The van der Waals surface area contributed by atoms with Crippen molar-refractivity contribution in [2.45, 2.75) is 19.8 Å². The van der Waals surface area contributed by atoms with Crippen molar-refractivity contribution >= 4 is 0 Å². The molecule has 2 aromatic heterocycles. The maximum Gasteiger partial charge on any atom is 0.255 e. The number of rotatable bonds is 3. The van der Waals surface area contributed by atoms with Gasteiger partial charge in [-0.15, -0.1) is 0 Å². The molecule has 0 saturated carbocycles. The van der Waals surface area contributed by atoms with Crippen molar-refractivity contribution in [1.82, 2.24) is 9.97 Å². The second-order valence-electron chi connectivity index (χ2n) is 5.65. The van der Waals surface area contributed by atoms with Crippen LogP contribution in [0.25, 0.3) is 22.3 Å². The van der Waals surface area contributed by atoms with E-state index in [0.29, 0.717) is 11.5 Å². The van der Waals surface area contributed by atoms with Gasteiger partial charge in [-0.3, -0.25) is 9.78 Å². The molecule has 22 heavy (non-hydrogen) atoms. The van der Waals surface area contributed by atoms with Gasteiger partial charge in [0, 0.05) is 35.3 Å². The van der Waals surface area contributed by atoms with E-state index < -0.39 is 0 Å². The standard InChI is InChI=1S/C19H18N2O/c1-13(2)14-5-7-15(8-6-14)18-10-17(12-21-19(18)22)16-4-3-9-20-11-16/h3-13H,1-2H3,(H,21,22). The summed E-state index contributed by atoms with van der Waals surface area (Å²) in [5.41, 5.74) is 4.73. The van der Waals surface area contributed by atoms with Crippen molar-refractivity contribution in [3.63, 3.8) is 0 Å². The first-order valence-electron chi connectivity index (χ1n) is 7.38. The van der Waals surface area contributed by atoms with Crippen molar-refractivity contribution in [1.29, 1.82) is 0 Å². The first-order valence-corrected chi connectivity index (χ1v) is 7.38. The Morgan fingerprint density at radius 3 is 2.41 bits per heavy atom. The Hall–Kier alpha value is -2.68. The van der Waals surface area contributed by atoms with Gasteiger partial charge >= 0.3 is 0 Å². The third kappa shape index (κ3) is 2.84. The number of aromatic amines is 1. The molecule has 3 heteroatoms. The van der Waals surface area contributed by atoms with Gasteiger partial charge in [-0.1, -0.05) is 44.2 Å². The highest BCUT2D eigenvalue weighted by Gasteiger charge is 2.07. The van der Waals surface area contributed by atoms with Gasteiger partial charge in [0.15, 0.2) is 0 Å². The molecule has 110 valence electrons. The summed E-state index contributed by atoms with van der Waals surface area (Å²) in [5.74, 6) is 0.481. The molecule has 0 aliphatic carbocycles. The van der Waals surface area contributed by atoms with Crippen molar-refractivity contribution in [2.24, 2.45) is 0 Å². The van der Waals surface area contributed by atoms with Crippen molar-refractivity contribution < 1.29 is 0 Å². The van der Waals surface area contributed by atoms with E-state index in [4.69, 9.17) is 0 Å². The molecule has 0 amide bonds. The van der Waals surface area contributed by atoms with E-state index in [1.54, 1.807) is 18.6 Å². The van der Waals surface area contributed by atoms with Crippen LogP contribution in [0, 0.1) is 0 Å². The third-order valence-corrected chi connectivity index (χ3v) is 3.79. The van der Waals surface area contributed by atoms with Crippen LogP contribution in [0.1, 0.15) is 25.3 Å². The second kappa shape index (κ2) is 5.98. The van der Waals surface area contributed by atoms with Gasteiger partial charge < -0.3 is 4.98 Å². The van der Waals surface area contributed by atoms with Crippen LogP contribution in [0.4, 0.5) is 0 Å². The Morgan fingerprint density at radius 1 is 1.00 bits per heavy atom. The number of pyridine rings is 2. The summed E-state index contributed by atoms with van der Waals surface area (Å²) < 4.78 is 0. The Kier molecular flexibility index (Phi) is 3.88. The van der Waals surface area contributed by atoms with E-state index in [-0.39, 0.29) is 5.56 Å². The quantitative estimate of drug-likeness (QED) is 0.784. The average Bonchev–Trinajstić information content (AvgIpc) is 2.56. The molecule has 3 nitrogen and oxygen atoms in total. The molecule has 0 atom stereocenters. The van der Waals surface area contributed by atoms with E-state index >= 15 is 0 Å². The van der Waals surface area contributed by atoms with Crippen LogP contribution in [-0.2, 0) is 0 Å². The molecule has 0 radical (unpaired) electrons. The Morgan fingerprint density at radius 2 is 1.77 bits per heavy atom. The van der Waals surface area contributed by atoms with Crippen LogP contribution >= 0.6 is 0 Å². The van der Waals surface area contributed by atoms with E-state index in [1.165, 1.54) is 5.56 Å². The minimum absolute atomic E-state index is 0.0788. The maximum atomic E-state index is 12.2. The Bertz CT molecular complexity index is 818. The minimum Gasteiger partial charge on any atom is -0.328 e. The molecule has 0 spiro atoms. The molecule has 0 bridgehead atoms. The fraction of sp³-hybridized carbons (Fsp3) is 0.158. The molecule has 0 unspecified atom stereocenters. The van der Waals surface area contributed by atoms with Gasteiger partial charge in [-0.2, -0.15) is 0 Å². The highest BCUT2D eigenvalue weighted by molar-refractivity contribution is 5.71. The molecule has 0 aliphatic rings. The Labute approximate surface area is 129 Å². The summed E-state index contributed by atoms with van der Waals surface area (Å²) in [4.78, 5) is 19.1. The highest BCUT2D eigenvalue weighted by atomic mass is 16.1. The maximum absolute atomic E-state index is 12.2. The summed E-state index contributed by atoms with van der Waals surface area (Å²) in [6.07, 6.45) is 5.26. The topological polar surface area (TPSA) is 45.8 Å². The molecule has 1 N–H and O–H groups in total. The molecular formula is C19H18N2O. The van der Waals surface area contributed by atoms with Gasteiger partial charge in [0.05, 0.1) is 0 Å². The summed E-state index contributed by atoms with van der Waals surface area (Å²) in [7, 11) is 0. The molecular weight excluding hydrogens is 272 g/mol. The highest BCUT2D eigenvalue weighted by Crippen LogP contribution is 2.24. The lowest BCUT2D eigenvalue weighted by Gasteiger charge is -2.08. The number of benzene rings is 1. The second-order valence-corrected chi connectivity index (χ2v) is 5.65. The number of nitrogens with zero attached hydrogens (tertiary/aromatic N) is 1. The van der Waals surface area contributed by atoms with Gasteiger partial charge in [0.2, 0.25) is 0 Å². The van der Waals surface area contributed by atoms with Gasteiger partial charge in [-0.05, 0) is 29.2 Å². The van der Waals surface area contributed by atoms with Crippen LogP contribution in [0.5, 0.6) is 0 Å². The molecule has 1 aromatic carbocycles. The van der Waals surface area contributed by atoms with Gasteiger partial charge in [0.25, 0.3) is 5.56 Å². The fourth-order valence-electron chi connectivity index (χ4n) is 2.45. The SMILES string of the molecule is CC(C)c1ccc(-c2cc(-c3cccnc3)c[nH]c2=O)cc1. The lowest BCUT2D eigenvalue weighted by Crippen LogP contribution is -2.08. The largest absolute Gasteiger partial charge is 0.328 e. The fourth-order valence-corrected chi connectivity index (χ4v) is 2.45. The number of aromatic nitrogens is 2. The van der Waals surface area contributed by atoms with Gasteiger partial charge in [-0.25, -0.2) is 0 Å². The lowest BCUT2D eigenvalue weighted by atomic mass is 9.98. The lowest BCUT2D eigenvalue weighted by molar-refractivity contribution is 0.867. The van der Waals surface area contributed by atoms with Crippen LogP contribution < -0.4 is 5.56 Å². The zero-order valence-corrected chi connectivity index (χ0v) is 12.7. The number of hydrogen-bond acceptors (Lipinski definition) is 2. The first-order chi connectivity index (χ1) is 10.6. The van der Waals surface area contributed by atoms with Crippen molar-refractivity contribution in [2.75, 3.05) is 0 Å². The molecule has 0 fully saturated rings. The Balaban J connectivity index is 2.05. The summed E-state index contributed by atoms with van der Waals surface area (Å²) in [6, 6.07) is 14.0. The van der Waals surface area contributed by atoms with Crippen molar-refractivity contribution in [3.05, 3.63) is 77.0 Å². The molecule has 0 saturated heterocycles. The predicted molar refractivity (Wildman–Crippen MR) is 89.8 cm³/mol. The van der Waals surface area contributed by atoms with E-state index in [0.717, 1.165) is 16.7 Å². The molecule has 3 aromatic rings. The zero-order valence-electron chi connectivity index (χ0n) is 12.7. The number of nitrogens with one attached hydrogen (secondary N) is 1. The van der Waals surface area contributed by atoms with Crippen LogP contribution in [-0.4, -0.2) is 9.97 Å². The number of H-pyrrole nitrogens is 1. The average molecular weight is 290 g/mol. The minimum atomic E-state index is -0.0788. The van der Waals surface area contributed by atoms with Crippen LogP contribution in [0.2, 0.25) is 0 Å². The zero-order chi connectivity index (χ0) is 15.5. The predicted octanol–water partition coefficient (Wildman–Crippen LogP) is 4.23. The summed E-state index contributed by atoms with van der Waals surface area (Å²) >= 11 is 0. The molecule has 2 heterocycles. The smallest absolute Gasteiger partial charge is 0.255 e. The monoisotopic (exact) mass is 290 g/mol. The van der Waals surface area contributed by atoms with E-state index in [1.807, 2.05) is 30.3 Å². The van der Waals surface area contributed by atoms with Crippen LogP contribution in [0.15, 0.2) is 65.8 Å². The summed E-state index contributed by atoms with van der Waals surface area (Å²) in [5, 5.41) is 0.